The van der Waals surface area contributed by atoms with Crippen LogP contribution >= 0.6 is 0 Å². The molecule has 0 N–H and O–H groups in total. The molecule has 0 fully saturated rings. The summed E-state index contributed by atoms with van der Waals surface area (Å²) in [6.45, 7) is 0. The van der Waals surface area contributed by atoms with Gasteiger partial charge in [0.2, 0.25) is 0 Å². The van der Waals surface area contributed by atoms with Gasteiger partial charge in [-0.25, -0.2) is 0 Å². The van der Waals surface area contributed by atoms with E-state index in [0.717, 1.165) is 0 Å². The van der Waals surface area contributed by atoms with E-state index >= 15 is 0 Å². The van der Waals surface area contributed by atoms with Gasteiger partial charge in [0.25, 0.3) is 0 Å². The van der Waals surface area contributed by atoms with Crippen molar-refractivity contribution in [3.63, 3.8) is 0 Å². The van der Waals surface area contributed by atoms with Gasteiger partial charge in [0.05, 0.1) is 0 Å². The third-order valence-corrected chi connectivity index (χ3v) is 25.2. The Balaban J connectivity index is 0.000000104. The summed E-state index contributed by atoms with van der Waals surface area (Å²) in [6.07, 6.45) is 0. The summed E-state index contributed by atoms with van der Waals surface area (Å²) >= 11 is 0. The first kappa shape index (κ1) is 78.6. The Hall–Kier alpha value is -16.6. The molecule has 0 saturated carbocycles. The van der Waals surface area contributed by atoms with Gasteiger partial charge in [-0.2, -0.15) is 0 Å². The zero-order chi connectivity index (χ0) is 85.3. The van der Waals surface area contributed by atoms with E-state index in [1.165, 1.54) is 220 Å². The fourth-order valence-corrected chi connectivity index (χ4v) is 19.2. The molecule has 600 valence electrons. The smallest absolute Gasteiger partial charge is 0.00987 e. The normalized spacial score (nSPS) is 11.1. The molecular weight excluding hydrogens is 1540 g/mol. The van der Waals surface area contributed by atoms with Crippen LogP contribution < -0.4 is 0 Å². The Morgan fingerprint density at radius 2 is 0.125 bits per heavy atom. The third-order valence-electron chi connectivity index (χ3n) is 25.2. The minimum atomic E-state index is 1.25. The molecule has 24 aromatic rings. The second-order valence-corrected chi connectivity index (χ2v) is 32.6. The summed E-state index contributed by atoms with van der Waals surface area (Å²) in [7, 11) is 0. The van der Waals surface area contributed by atoms with E-state index in [2.05, 4.69) is 534 Å². The average molecular weight is 1630 g/mol. The maximum Gasteiger partial charge on any atom is -0.00987 e. The minimum absolute atomic E-state index is 1.25. The van der Waals surface area contributed by atoms with E-state index in [1.54, 1.807) is 0 Å². The summed E-state index contributed by atoms with van der Waals surface area (Å²) in [6, 6.07) is 192. The highest BCUT2D eigenvalue weighted by Gasteiger charge is 2.20. The molecule has 0 bridgehead atoms. The number of hydrogen-bond acceptors (Lipinski definition) is 0. The molecule has 24 aromatic carbocycles. The zero-order valence-corrected chi connectivity index (χ0v) is 70.8. The summed E-state index contributed by atoms with van der Waals surface area (Å²) in [5.41, 5.74) is 30.4. The summed E-state index contributed by atoms with van der Waals surface area (Å²) in [5, 5.41) is 20.5. The lowest BCUT2D eigenvalue weighted by Crippen LogP contribution is -1.89. The molecule has 0 aliphatic heterocycles. The monoisotopic (exact) mass is 1620 g/mol. The number of rotatable bonds is 12. The maximum absolute atomic E-state index is 2.29. The van der Waals surface area contributed by atoms with E-state index in [1.807, 2.05) is 0 Å². The van der Waals surface area contributed by atoms with Crippen molar-refractivity contribution >= 4 is 86.2 Å². The van der Waals surface area contributed by atoms with Gasteiger partial charge in [0, 0.05) is 0 Å². The second-order valence-electron chi connectivity index (χ2n) is 32.6. The van der Waals surface area contributed by atoms with Gasteiger partial charge in [0.15, 0.2) is 0 Å². The van der Waals surface area contributed by atoms with Crippen molar-refractivity contribution in [3.8, 4) is 134 Å². The second kappa shape index (κ2) is 36.0. The van der Waals surface area contributed by atoms with Crippen LogP contribution in [-0.2, 0) is 0 Å². The summed E-state index contributed by atoms with van der Waals surface area (Å²) in [5.74, 6) is 0. The Labute approximate surface area is 748 Å². The Kier molecular flexibility index (Phi) is 22.1. The van der Waals surface area contributed by atoms with E-state index in [0.29, 0.717) is 0 Å². The zero-order valence-electron chi connectivity index (χ0n) is 70.8. The number of hydrogen-bond donors (Lipinski definition) is 0. The highest BCUT2D eigenvalue weighted by Crippen LogP contribution is 2.47. The lowest BCUT2D eigenvalue weighted by atomic mass is 9.88. The van der Waals surface area contributed by atoms with Gasteiger partial charge >= 0.3 is 0 Å². The van der Waals surface area contributed by atoms with Crippen molar-refractivity contribution < 1.29 is 0 Å². The molecule has 0 unspecified atom stereocenters. The van der Waals surface area contributed by atoms with Gasteiger partial charge in [-0.3, -0.25) is 0 Å². The van der Waals surface area contributed by atoms with Crippen molar-refractivity contribution in [2.45, 2.75) is 0 Å². The molecule has 0 aliphatic carbocycles. The van der Waals surface area contributed by atoms with Crippen LogP contribution in [-0.4, -0.2) is 0 Å². The molecule has 0 aromatic heterocycles. The van der Waals surface area contributed by atoms with Gasteiger partial charge in [-0.15, -0.1) is 0 Å². The van der Waals surface area contributed by atoms with Gasteiger partial charge < -0.3 is 0 Å². The molecule has 0 atom stereocenters. The molecule has 24 rings (SSSR count). The lowest BCUT2D eigenvalue weighted by molar-refractivity contribution is 1.62. The first-order valence-corrected chi connectivity index (χ1v) is 44.2. The van der Waals surface area contributed by atoms with Crippen LogP contribution in [0, 0.1) is 0 Å². The molecule has 0 radical (unpaired) electrons. The molecular formula is C128H88. The predicted molar refractivity (Wildman–Crippen MR) is 551 cm³/mol. The van der Waals surface area contributed by atoms with Crippen LogP contribution in [0.5, 0.6) is 0 Å². The van der Waals surface area contributed by atoms with Crippen LogP contribution in [0.3, 0.4) is 0 Å². The van der Waals surface area contributed by atoms with Gasteiger partial charge in [-0.1, -0.05) is 534 Å². The number of benzene rings is 24. The highest BCUT2D eigenvalue weighted by molar-refractivity contribution is 6.17. The molecule has 0 spiro atoms. The Bertz CT molecular complexity index is 6660. The van der Waals surface area contributed by atoms with Crippen molar-refractivity contribution in [1.29, 1.82) is 0 Å². The average Bonchev–Trinajstić information content (AvgIpc) is 0.764. The fraction of sp³-hybridized carbons (Fsp3) is 0. The first-order chi connectivity index (χ1) is 63.6. The Morgan fingerprint density at radius 1 is 0.0547 bits per heavy atom. The van der Waals surface area contributed by atoms with Crippen LogP contribution in [0.15, 0.2) is 534 Å². The third kappa shape index (κ3) is 15.6. The fourth-order valence-electron chi connectivity index (χ4n) is 19.2. The van der Waals surface area contributed by atoms with Crippen molar-refractivity contribution in [3.05, 3.63) is 534 Å². The highest BCUT2D eigenvalue weighted by atomic mass is 14.2. The van der Waals surface area contributed by atoms with Gasteiger partial charge in [-0.05, 0) is 220 Å². The molecule has 0 saturated heterocycles. The standard InChI is InChI=1S/4C32H22/c4*1-3-11-23(12-4-1)25-19-21-31(29-17-9-7-15-27(25)29)32-22-20-26(24-13-5-2-6-14-24)28-16-8-10-18-30(28)32/h4*1-22H. The van der Waals surface area contributed by atoms with Crippen molar-refractivity contribution in [2.75, 3.05) is 0 Å². The molecule has 0 aliphatic rings. The minimum Gasteiger partial charge on any atom is -0.0622 e. The van der Waals surface area contributed by atoms with Gasteiger partial charge in [0.1, 0.15) is 0 Å². The molecule has 0 nitrogen and oxygen atoms in total. The van der Waals surface area contributed by atoms with E-state index < -0.39 is 0 Å². The van der Waals surface area contributed by atoms with Crippen LogP contribution in [0.1, 0.15) is 0 Å². The molecule has 0 heterocycles. The van der Waals surface area contributed by atoms with Crippen LogP contribution in [0.2, 0.25) is 0 Å². The largest absolute Gasteiger partial charge is 0.0622 e. The van der Waals surface area contributed by atoms with E-state index in [4.69, 9.17) is 0 Å². The van der Waals surface area contributed by atoms with Crippen LogP contribution in [0.25, 0.3) is 220 Å². The molecule has 0 heteroatoms. The van der Waals surface area contributed by atoms with Crippen LogP contribution in [0.4, 0.5) is 0 Å². The lowest BCUT2D eigenvalue weighted by Gasteiger charge is -2.16. The van der Waals surface area contributed by atoms with E-state index in [9.17, 15) is 0 Å². The topological polar surface area (TPSA) is 0 Å². The number of fused-ring (bicyclic) bond motifs is 8. The van der Waals surface area contributed by atoms with E-state index in [-0.39, 0.29) is 0 Å². The summed E-state index contributed by atoms with van der Waals surface area (Å²) in [4.78, 5) is 0. The summed E-state index contributed by atoms with van der Waals surface area (Å²) < 4.78 is 0. The molecule has 128 heavy (non-hydrogen) atoms. The molecule has 0 amide bonds. The maximum atomic E-state index is 2.29. The Morgan fingerprint density at radius 3 is 0.219 bits per heavy atom. The SMILES string of the molecule is c1ccc(-c2ccc(-c3ccc(-c4ccccc4)c4ccccc34)c3ccccc23)cc1.c1ccc(-c2ccc(-c3ccc(-c4ccccc4)c4ccccc34)c3ccccc23)cc1.c1ccc(-c2ccc(-c3ccc(-c4ccccc4)c4ccccc34)c3ccccc23)cc1.c1ccc(-c2ccc(-c3ccc(-c4ccccc4)c4ccccc34)c3ccccc23)cc1. The predicted octanol–water partition coefficient (Wildman–Crippen LogP) is 36.0. The van der Waals surface area contributed by atoms with Crippen molar-refractivity contribution in [1.82, 2.24) is 0 Å². The first-order valence-electron chi connectivity index (χ1n) is 44.2. The van der Waals surface area contributed by atoms with Crippen molar-refractivity contribution in [2.24, 2.45) is 0 Å². The quantitative estimate of drug-likeness (QED) is 0.114.